The number of esters is 1. The van der Waals surface area contributed by atoms with E-state index in [1.807, 2.05) is 19.9 Å². The quantitative estimate of drug-likeness (QED) is 0.371. The zero-order valence-corrected chi connectivity index (χ0v) is 11.1. The zero-order chi connectivity index (χ0) is 14.7. The summed E-state index contributed by atoms with van der Waals surface area (Å²) in [7, 11) is 0. The lowest BCUT2D eigenvalue weighted by Gasteiger charge is -2.06. The number of carbonyl (C=O) groups excluding carboxylic acids is 1. The van der Waals surface area contributed by atoms with Gasteiger partial charge in [-0.1, -0.05) is 12.1 Å². The fourth-order valence-corrected chi connectivity index (χ4v) is 1.69. The van der Waals surface area contributed by atoms with E-state index in [0.717, 1.165) is 11.1 Å². The van der Waals surface area contributed by atoms with Crippen molar-refractivity contribution < 1.29 is 14.5 Å². The molecule has 0 aromatic heterocycles. The molecule has 0 bridgehead atoms. The third-order valence-electron chi connectivity index (χ3n) is 2.98. The van der Waals surface area contributed by atoms with Crippen LogP contribution in [0.15, 0.2) is 42.5 Å². The number of nitro benzene ring substituents is 1. The van der Waals surface area contributed by atoms with Gasteiger partial charge in [-0.25, -0.2) is 4.79 Å². The maximum Gasteiger partial charge on any atom is 0.343 e. The fourth-order valence-electron chi connectivity index (χ4n) is 1.69. The van der Waals surface area contributed by atoms with E-state index in [1.54, 1.807) is 12.1 Å². The van der Waals surface area contributed by atoms with Gasteiger partial charge >= 0.3 is 5.97 Å². The molecule has 0 spiro atoms. The van der Waals surface area contributed by atoms with Crippen molar-refractivity contribution in [3.8, 4) is 5.75 Å². The van der Waals surface area contributed by atoms with E-state index >= 15 is 0 Å². The van der Waals surface area contributed by atoms with E-state index in [2.05, 4.69) is 0 Å². The Morgan fingerprint density at radius 3 is 2.50 bits per heavy atom. The van der Waals surface area contributed by atoms with Crippen molar-refractivity contribution in [1.82, 2.24) is 0 Å². The van der Waals surface area contributed by atoms with Crippen LogP contribution in [0.25, 0.3) is 0 Å². The Bertz CT molecular complexity index is 679. The molecule has 0 N–H and O–H groups in total. The van der Waals surface area contributed by atoms with Crippen molar-refractivity contribution in [3.05, 3.63) is 69.3 Å². The van der Waals surface area contributed by atoms with Crippen LogP contribution in [-0.4, -0.2) is 10.9 Å². The van der Waals surface area contributed by atoms with Gasteiger partial charge in [0.1, 0.15) is 5.75 Å². The molecule has 0 heterocycles. The van der Waals surface area contributed by atoms with Gasteiger partial charge in [-0.15, -0.1) is 0 Å². The predicted octanol–water partition coefficient (Wildman–Crippen LogP) is 3.43. The average Bonchev–Trinajstić information content (AvgIpc) is 2.42. The monoisotopic (exact) mass is 271 g/mol. The van der Waals surface area contributed by atoms with Crippen molar-refractivity contribution in [2.24, 2.45) is 0 Å². The highest BCUT2D eigenvalue weighted by Crippen LogP contribution is 2.20. The standard InChI is InChI=1S/C15H13NO4/c1-10-6-7-12(8-11(10)2)15(17)20-14-5-3-4-13(9-14)16(18)19/h3-9H,1-2H3. The van der Waals surface area contributed by atoms with E-state index in [-0.39, 0.29) is 11.4 Å². The molecule has 2 rings (SSSR count). The number of hydrogen-bond acceptors (Lipinski definition) is 4. The van der Waals surface area contributed by atoms with Gasteiger partial charge in [0.25, 0.3) is 5.69 Å². The lowest BCUT2D eigenvalue weighted by molar-refractivity contribution is -0.384. The van der Waals surface area contributed by atoms with Crippen LogP contribution in [0.1, 0.15) is 21.5 Å². The number of aryl methyl sites for hydroxylation is 2. The lowest BCUT2D eigenvalue weighted by atomic mass is 10.1. The van der Waals surface area contributed by atoms with Crippen LogP contribution < -0.4 is 4.74 Å². The van der Waals surface area contributed by atoms with Crippen molar-refractivity contribution in [3.63, 3.8) is 0 Å². The Morgan fingerprint density at radius 1 is 1.10 bits per heavy atom. The van der Waals surface area contributed by atoms with Gasteiger partial charge in [0.15, 0.2) is 0 Å². The lowest BCUT2D eigenvalue weighted by Crippen LogP contribution is -2.09. The molecule has 0 saturated carbocycles. The molecule has 5 heteroatoms. The van der Waals surface area contributed by atoms with E-state index in [0.29, 0.717) is 5.56 Å². The average molecular weight is 271 g/mol. The molecule has 102 valence electrons. The zero-order valence-electron chi connectivity index (χ0n) is 11.1. The number of non-ortho nitro benzene ring substituents is 1. The van der Waals surface area contributed by atoms with E-state index in [1.165, 1.54) is 24.3 Å². The first kappa shape index (κ1) is 13.7. The van der Waals surface area contributed by atoms with Crippen LogP contribution in [0.5, 0.6) is 5.75 Å². The summed E-state index contributed by atoms with van der Waals surface area (Å²) >= 11 is 0. The van der Waals surface area contributed by atoms with Crippen LogP contribution in [-0.2, 0) is 0 Å². The summed E-state index contributed by atoms with van der Waals surface area (Å²) in [6.45, 7) is 3.85. The Hall–Kier alpha value is -2.69. The molecule has 0 aliphatic heterocycles. The Kier molecular flexibility index (Phi) is 3.79. The van der Waals surface area contributed by atoms with Gasteiger partial charge in [0, 0.05) is 6.07 Å². The summed E-state index contributed by atoms with van der Waals surface area (Å²) in [5, 5.41) is 10.7. The highest BCUT2D eigenvalue weighted by atomic mass is 16.6. The molecular weight excluding hydrogens is 258 g/mol. The summed E-state index contributed by atoms with van der Waals surface area (Å²) in [6, 6.07) is 10.8. The second-order valence-electron chi connectivity index (χ2n) is 4.44. The molecular formula is C15H13NO4. The van der Waals surface area contributed by atoms with Gasteiger partial charge in [-0.2, -0.15) is 0 Å². The van der Waals surface area contributed by atoms with Gasteiger partial charge in [-0.05, 0) is 43.2 Å². The van der Waals surface area contributed by atoms with E-state index in [9.17, 15) is 14.9 Å². The van der Waals surface area contributed by atoms with Gasteiger partial charge < -0.3 is 4.74 Å². The maximum atomic E-state index is 12.0. The molecule has 0 fully saturated rings. The van der Waals surface area contributed by atoms with Gasteiger partial charge in [-0.3, -0.25) is 10.1 Å². The summed E-state index contributed by atoms with van der Waals surface area (Å²) in [6.07, 6.45) is 0. The van der Waals surface area contributed by atoms with E-state index < -0.39 is 10.9 Å². The summed E-state index contributed by atoms with van der Waals surface area (Å²) in [5.41, 5.74) is 2.37. The first-order valence-corrected chi connectivity index (χ1v) is 6.01. The number of rotatable bonds is 3. The van der Waals surface area contributed by atoms with Crippen molar-refractivity contribution in [2.45, 2.75) is 13.8 Å². The number of ether oxygens (including phenoxy) is 1. The molecule has 0 atom stereocenters. The van der Waals surface area contributed by atoms with Crippen molar-refractivity contribution in [1.29, 1.82) is 0 Å². The molecule has 0 radical (unpaired) electrons. The summed E-state index contributed by atoms with van der Waals surface area (Å²) < 4.78 is 5.14. The number of carbonyl (C=O) groups is 1. The highest BCUT2D eigenvalue weighted by Gasteiger charge is 2.12. The van der Waals surface area contributed by atoms with Gasteiger partial charge in [0.05, 0.1) is 16.6 Å². The number of benzene rings is 2. The van der Waals surface area contributed by atoms with Crippen LogP contribution in [0.2, 0.25) is 0 Å². The summed E-state index contributed by atoms with van der Waals surface area (Å²) in [5.74, 6) is -0.379. The Labute approximate surface area is 116 Å². The molecule has 0 amide bonds. The molecule has 0 aliphatic carbocycles. The van der Waals surface area contributed by atoms with Crippen LogP contribution in [0.4, 0.5) is 5.69 Å². The Morgan fingerprint density at radius 2 is 1.85 bits per heavy atom. The number of hydrogen-bond donors (Lipinski definition) is 0. The maximum absolute atomic E-state index is 12.0. The molecule has 20 heavy (non-hydrogen) atoms. The largest absolute Gasteiger partial charge is 0.423 e. The summed E-state index contributed by atoms with van der Waals surface area (Å²) in [4.78, 5) is 22.1. The fraction of sp³-hybridized carbons (Fsp3) is 0.133. The second kappa shape index (κ2) is 5.52. The normalized spacial score (nSPS) is 10.1. The smallest absolute Gasteiger partial charge is 0.343 e. The SMILES string of the molecule is Cc1ccc(C(=O)Oc2cccc([N+](=O)[O-])c2)cc1C. The van der Waals surface area contributed by atoms with Gasteiger partial charge in [0.2, 0.25) is 0 Å². The highest BCUT2D eigenvalue weighted by molar-refractivity contribution is 5.91. The van der Waals surface area contributed by atoms with Crippen LogP contribution in [0.3, 0.4) is 0 Å². The second-order valence-corrected chi connectivity index (χ2v) is 4.44. The first-order chi connectivity index (χ1) is 9.47. The molecule has 5 nitrogen and oxygen atoms in total. The molecule has 2 aromatic carbocycles. The number of nitrogens with zero attached hydrogens (tertiary/aromatic N) is 1. The number of nitro groups is 1. The minimum atomic E-state index is -0.534. The first-order valence-electron chi connectivity index (χ1n) is 6.01. The minimum Gasteiger partial charge on any atom is -0.423 e. The molecule has 2 aromatic rings. The molecule has 0 aliphatic rings. The van der Waals surface area contributed by atoms with E-state index in [4.69, 9.17) is 4.74 Å². The van der Waals surface area contributed by atoms with Crippen molar-refractivity contribution in [2.75, 3.05) is 0 Å². The van der Waals surface area contributed by atoms with Crippen molar-refractivity contribution >= 4 is 11.7 Å². The molecule has 0 unspecified atom stereocenters. The minimum absolute atomic E-state index is 0.115. The Balaban J connectivity index is 2.21. The van der Waals surface area contributed by atoms with Crippen LogP contribution >= 0.6 is 0 Å². The predicted molar refractivity (Wildman–Crippen MR) is 74.0 cm³/mol. The molecule has 0 saturated heterocycles. The third-order valence-corrected chi connectivity index (χ3v) is 2.98. The third kappa shape index (κ3) is 3.00. The topological polar surface area (TPSA) is 69.4 Å². The van der Waals surface area contributed by atoms with Crippen LogP contribution in [0, 0.1) is 24.0 Å².